The third-order valence-corrected chi connectivity index (χ3v) is 5.25. The number of hydrogen-bond donors (Lipinski definition) is 0. The molecule has 5 rings (SSSR count). The van der Waals surface area contributed by atoms with Gasteiger partial charge < -0.3 is 4.57 Å². The van der Waals surface area contributed by atoms with Gasteiger partial charge in [-0.25, -0.2) is 15.0 Å². The number of non-ortho nitro benzene ring substituents is 1. The normalized spacial score (nSPS) is 11.2. The van der Waals surface area contributed by atoms with Crippen molar-refractivity contribution in [1.29, 1.82) is 0 Å². The van der Waals surface area contributed by atoms with Crippen LogP contribution in [0.5, 0.6) is 0 Å². The second-order valence-corrected chi connectivity index (χ2v) is 7.18. The van der Waals surface area contributed by atoms with Crippen LogP contribution >= 0.6 is 11.6 Å². The molecule has 0 saturated carbocycles. The minimum absolute atomic E-state index is 0.0227. The molecule has 0 bridgehead atoms. The number of rotatable bonds is 4. The SMILES string of the molecule is O=[N+]([O-])c1ccc(-c2nc3nc4ccccc4nc3n2Cc2ccccc2Cl)cc1. The lowest BCUT2D eigenvalue weighted by molar-refractivity contribution is -0.384. The molecule has 2 aromatic heterocycles. The van der Waals surface area contributed by atoms with Crippen LogP contribution in [0.4, 0.5) is 5.69 Å². The van der Waals surface area contributed by atoms with E-state index in [1.165, 1.54) is 12.1 Å². The predicted octanol–water partition coefficient (Wildman–Crippen LogP) is 5.26. The fourth-order valence-electron chi connectivity index (χ4n) is 3.40. The first-order chi connectivity index (χ1) is 14.6. The van der Waals surface area contributed by atoms with Gasteiger partial charge >= 0.3 is 0 Å². The molecular weight excluding hydrogens is 402 g/mol. The molecule has 146 valence electrons. The molecule has 0 saturated heterocycles. The van der Waals surface area contributed by atoms with Crippen LogP contribution in [0.3, 0.4) is 0 Å². The molecule has 0 spiro atoms. The number of nitro benzene ring substituents is 1. The Kier molecular flexibility index (Phi) is 4.37. The van der Waals surface area contributed by atoms with E-state index in [0.29, 0.717) is 28.7 Å². The number of halogens is 1. The summed E-state index contributed by atoms with van der Waals surface area (Å²) in [6, 6.07) is 21.5. The van der Waals surface area contributed by atoms with Crippen LogP contribution in [0.15, 0.2) is 72.8 Å². The van der Waals surface area contributed by atoms with E-state index in [4.69, 9.17) is 21.6 Å². The summed E-state index contributed by atoms with van der Waals surface area (Å²) in [6.45, 7) is 0.440. The molecule has 0 aliphatic heterocycles. The van der Waals surface area contributed by atoms with E-state index in [1.807, 2.05) is 53.1 Å². The first-order valence-corrected chi connectivity index (χ1v) is 9.59. The van der Waals surface area contributed by atoms with Gasteiger partial charge in [0, 0.05) is 22.7 Å². The summed E-state index contributed by atoms with van der Waals surface area (Å²) in [6.07, 6.45) is 0. The summed E-state index contributed by atoms with van der Waals surface area (Å²) >= 11 is 6.40. The summed E-state index contributed by atoms with van der Waals surface area (Å²) in [5.74, 6) is 0.620. The highest BCUT2D eigenvalue weighted by Gasteiger charge is 2.18. The van der Waals surface area contributed by atoms with Crippen molar-refractivity contribution >= 4 is 39.6 Å². The van der Waals surface area contributed by atoms with Gasteiger partial charge in [-0.2, -0.15) is 0 Å². The van der Waals surface area contributed by atoms with Crippen molar-refractivity contribution in [2.75, 3.05) is 0 Å². The Morgan fingerprint density at radius 3 is 2.23 bits per heavy atom. The third-order valence-electron chi connectivity index (χ3n) is 4.88. The van der Waals surface area contributed by atoms with Crippen molar-refractivity contribution in [2.45, 2.75) is 6.54 Å². The predicted molar refractivity (Wildman–Crippen MR) is 115 cm³/mol. The molecule has 0 aliphatic rings. The Morgan fingerprint density at radius 1 is 0.867 bits per heavy atom. The van der Waals surface area contributed by atoms with E-state index >= 15 is 0 Å². The Balaban J connectivity index is 1.74. The summed E-state index contributed by atoms with van der Waals surface area (Å²) in [4.78, 5) is 24.7. The highest BCUT2D eigenvalue weighted by Crippen LogP contribution is 2.28. The van der Waals surface area contributed by atoms with Crippen LogP contribution in [0.1, 0.15) is 5.56 Å². The smallest absolute Gasteiger partial charge is 0.269 e. The van der Waals surface area contributed by atoms with E-state index in [9.17, 15) is 10.1 Å². The summed E-state index contributed by atoms with van der Waals surface area (Å²) in [5, 5.41) is 11.7. The molecule has 0 fully saturated rings. The lowest BCUT2D eigenvalue weighted by Crippen LogP contribution is -2.04. The number of para-hydroxylation sites is 2. The molecule has 0 unspecified atom stereocenters. The minimum Gasteiger partial charge on any atom is -0.303 e. The summed E-state index contributed by atoms with van der Waals surface area (Å²) in [5.41, 5.74) is 4.32. The van der Waals surface area contributed by atoms with Crippen molar-refractivity contribution in [3.63, 3.8) is 0 Å². The van der Waals surface area contributed by atoms with Crippen LogP contribution in [0, 0.1) is 10.1 Å². The highest BCUT2D eigenvalue weighted by atomic mass is 35.5. The topological polar surface area (TPSA) is 86.7 Å². The Morgan fingerprint density at radius 2 is 1.53 bits per heavy atom. The van der Waals surface area contributed by atoms with E-state index < -0.39 is 4.92 Å². The molecule has 7 nitrogen and oxygen atoms in total. The van der Waals surface area contributed by atoms with Crippen molar-refractivity contribution in [3.8, 4) is 11.4 Å². The molecule has 5 aromatic rings. The fraction of sp³-hybridized carbons (Fsp3) is 0.0455. The average molecular weight is 416 g/mol. The van der Waals surface area contributed by atoms with Gasteiger partial charge in [0.05, 0.1) is 22.5 Å². The Hall–Kier alpha value is -3.84. The van der Waals surface area contributed by atoms with Gasteiger partial charge in [-0.15, -0.1) is 0 Å². The van der Waals surface area contributed by atoms with Gasteiger partial charge in [0.2, 0.25) is 0 Å². The Labute approximate surface area is 175 Å². The maximum absolute atomic E-state index is 11.0. The van der Waals surface area contributed by atoms with Crippen LogP contribution in [-0.2, 0) is 6.54 Å². The second-order valence-electron chi connectivity index (χ2n) is 6.78. The van der Waals surface area contributed by atoms with Crippen molar-refractivity contribution in [2.24, 2.45) is 0 Å². The number of hydrogen-bond acceptors (Lipinski definition) is 5. The maximum Gasteiger partial charge on any atom is 0.269 e. The molecule has 0 aliphatic carbocycles. The van der Waals surface area contributed by atoms with Crippen molar-refractivity contribution in [1.82, 2.24) is 19.5 Å². The van der Waals surface area contributed by atoms with E-state index in [1.54, 1.807) is 12.1 Å². The number of nitrogens with zero attached hydrogens (tertiary/aromatic N) is 5. The van der Waals surface area contributed by atoms with Crippen LogP contribution < -0.4 is 0 Å². The van der Waals surface area contributed by atoms with Gasteiger partial charge in [-0.1, -0.05) is 41.9 Å². The molecule has 2 heterocycles. The van der Waals surface area contributed by atoms with Crippen molar-refractivity contribution in [3.05, 3.63) is 93.5 Å². The quantitative estimate of drug-likeness (QED) is 0.295. The first kappa shape index (κ1) is 18.2. The third kappa shape index (κ3) is 3.15. The number of aromatic nitrogens is 4. The van der Waals surface area contributed by atoms with E-state index in [0.717, 1.165) is 22.2 Å². The van der Waals surface area contributed by atoms with Gasteiger partial charge in [0.1, 0.15) is 5.82 Å². The molecule has 0 amide bonds. The number of benzene rings is 3. The molecule has 30 heavy (non-hydrogen) atoms. The molecule has 0 atom stereocenters. The van der Waals surface area contributed by atoms with Crippen LogP contribution in [0.25, 0.3) is 33.7 Å². The number of fused-ring (bicyclic) bond motifs is 2. The monoisotopic (exact) mass is 415 g/mol. The zero-order valence-corrected chi connectivity index (χ0v) is 16.3. The molecule has 0 N–H and O–H groups in total. The zero-order valence-electron chi connectivity index (χ0n) is 15.6. The van der Waals surface area contributed by atoms with Gasteiger partial charge in [-0.3, -0.25) is 10.1 Å². The fourth-order valence-corrected chi connectivity index (χ4v) is 3.59. The van der Waals surface area contributed by atoms with Gasteiger partial charge in [0.15, 0.2) is 11.3 Å². The lowest BCUT2D eigenvalue weighted by atomic mass is 10.2. The average Bonchev–Trinajstić information content (AvgIpc) is 3.11. The highest BCUT2D eigenvalue weighted by molar-refractivity contribution is 6.31. The van der Waals surface area contributed by atoms with Crippen LogP contribution in [-0.4, -0.2) is 24.4 Å². The van der Waals surface area contributed by atoms with Crippen LogP contribution in [0.2, 0.25) is 5.02 Å². The number of imidazole rings is 1. The van der Waals surface area contributed by atoms with E-state index in [-0.39, 0.29) is 5.69 Å². The molecular formula is C22H14ClN5O2. The maximum atomic E-state index is 11.0. The molecule has 0 radical (unpaired) electrons. The lowest BCUT2D eigenvalue weighted by Gasteiger charge is -2.10. The molecule has 3 aromatic carbocycles. The van der Waals surface area contributed by atoms with Crippen molar-refractivity contribution < 1.29 is 4.92 Å². The zero-order chi connectivity index (χ0) is 20.7. The summed E-state index contributed by atoms with van der Waals surface area (Å²) < 4.78 is 1.94. The number of nitro groups is 1. The van der Waals surface area contributed by atoms with E-state index in [2.05, 4.69) is 4.98 Å². The largest absolute Gasteiger partial charge is 0.303 e. The second kappa shape index (κ2) is 7.20. The molecule has 8 heteroatoms. The minimum atomic E-state index is -0.424. The van der Waals surface area contributed by atoms with Gasteiger partial charge in [0.25, 0.3) is 5.69 Å². The van der Waals surface area contributed by atoms with Gasteiger partial charge in [-0.05, 0) is 35.9 Å². The first-order valence-electron chi connectivity index (χ1n) is 9.21. The standard InChI is InChI=1S/C22H14ClN5O2/c23-17-6-2-1-5-15(17)13-27-21(14-9-11-16(12-10-14)28(29)30)26-20-22(27)25-19-8-4-3-7-18(19)24-20/h1-12H,13H2. The Bertz CT molecular complexity index is 1410. The summed E-state index contributed by atoms with van der Waals surface area (Å²) in [7, 11) is 0.